The Morgan fingerprint density at radius 2 is 2.31 bits per heavy atom. The first-order chi connectivity index (χ1) is 7.45. The van der Waals surface area contributed by atoms with Crippen LogP contribution in [0.4, 0.5) is 0 Å². The van der Waals surface area contributed by atoms with E-state index in [4.69, 9.17) is 4.74 Å². The molecule has 4 atom stereocenters. The smallest absolute Gasteiger partial charge is 0.0666 e. The van der Waals surface area contributed by atoms with Crippen molar-refractivity contribution in [3.63, 3.8) is 0 Å². The van der Waals surface area contributed by atoms with E-state index in [1.54, 1.807) is 6.26 Å². The highest BCUT2D eigenvalue weighted by atomic mass is 32.2. The SMILES string of the molecule is CCC1(C)CC(NC(C)CS(C)=O)CCO1. The second kappa shape index (κ2) is 6.12. The van der Waals surface area contributed by atoms with Gasteiger partial charge in [0, 0.05) is 41.5 Å². The van der Waals surface area contributed by atoms with Crippen LogP contribution >= 0.6 is 0 Å². The van der Waals surface area contributed by atoms with E-state index in [1.165, 1.54) is 0 Å². The Balaban J connectivity index is 2.39. The van der Waals surface area contributed by atoms with Crippen LogP contribution in [0.5, 0.6) is 0 Å². The minimum absolute atomic E-state index is 0.0288. The summed E-state index contributed by atoms with van der Waals surface area (Å²) < 4.78 is 16.9. The first kappa shape index (κ1) is 14.1. The monoisotopic (exact) mass is 247 g/mol. The van der Waals surface area contributed by atoms with Gasteiger partial charge in [-0.1, -0.05) is 6.92 Å². The Morgan fingerprint density at radius 1 is 1.62 bits per heavy atom. The van der Waals surface area contributed by atoms with Crippen molar-refractivity contribution in [1.29, 1.82) is 0 Å². The van der Waals surface area contributed by atoms with Gasteiger partial charge in [-0.2, -0.15) is 0 Å². The fraction of sp³-hybridized carbons (Fsp3) is 1.00. The second-order valence-corrected chi connectivity index (χ2v) is 6.63. The summed E-state index contributed by atoms with van der Waals surface area (Å²) in [5.74, 6) is 0.736. The van der Waals surface area contributed by atoms with Gasteiger partial charge < -0.3 is 10.1 Å². The highest BCUT2D eigenvalue weighted by Gasteiger charge is 2.31. The molecule has 16 heavy (non-hydrogen) atoms. The zero-order chi connectivity index (χ0) is 12.2. The van der Waals surface area contributed by atoms with Gasteiger partial charge in [0.25, 0.3) is 0 Å². The van der Waals surface area contributed by atoms with Crippen molar-refractivity contribution < 1.29 is 8.95 Å². The molecule has 1 saturated heterocycles. The number of hydrogen-bond donors (Lipinski definition) is 1. The van der Waals surface area contributed by atoms with Crippen LogP contribution in [0.1, 0.15) is 40.0 Å². The predicted octanol–water partition coefficient (Wildman–Crippen LogP) is 1.69. The number of rotatable bonds is 5. The van der Waals surface area contributed by atoms with E-state index in [-0.39, 0.29) is 5.60 Å². The van der Waals surface area contributed by atoms with E-state index in [9.17, 15) is 4.21 Å². The number of ether oxygens (including phenoxy) is 1. The molecule has 0 aromatic carbocycles. The topological polar surface area (TPSA) is 38.3 Å². The van der Waals surface area contributed by atoms with Crippen molar-refractivity contribution in [2.45, 2.75) is 57.7 Å². The molecule has 1 fully saturated rings. The van der Waals surface area contributed by atoms with E-state index < -0.39 is 10.8 Å². The molecule has 1 heterocycles. The maximum absolute atomic E-state index is 11.1. The summed E-state index contributed by atoms with van der Waals surface area (Å²) in [5.41, 5.74) is 0.0288. The predicted molar refractivity (Wildman–Crippen MR) is 69.2 cm³/mol. The van der Waals surface area contributed by atoms with Crippen molar-refractivity contribution in [3.05, 3.63) is 0 Å². The van der Waals surface area contributed by atoms with Crippen molar-refractivity contribution in [3.8, 4) is 0 Å². The zero-order valence-corrected chi connectivity index (χ0v) is 11.7. The molecule has 4 heteroatoms. The van der Waals surface area contributed by atoms with Crippen LogP contribution in [0, 0.1) is 0 Å². The molecule has 1 aliphatic heterocycles. The molecule has 3 nitrogen and oxygen atoms in total. The first-order valence-corrected chi connectivity index (χ1v) is 7.88. The maximum Gasteiger partial charge on any atom is 0.0666 e. The van der Waals surface area contributed by atoms with Gasteiger partial charge in [-0.15, -0.1) is 0 Å². The van der Waals surface area contributed by atoms with Crippen LogP contribution < -0.4 is 5.32 Å². The third-order valence-corrected chi connectivity index (χ3v) is 4.32. The van der Waals surface area contributed by atoms with Gasteiger partial charge in [0.1, 0.15) is 0 Å². The first-order valence-electron chi connectivity index (χ1n) is 6.15. The molecule has 0 aromatic rings. The Labute approximate surface area is 102 Å². The molecule has 0 radical (unpaired) electrons. The summed E-state index contributed by atoms with van der Waals surface area (Å²) in [6.07, 6.45) is 4.94. The fourth-order valence-corrected chi connectivity index (χ4v) is 3.12. The summed E-state index contributed by atoms with van der Waals surface area (Å²) in [6, 6.07) is 0.840. The lowest BCUT2D eigenvalue weighted by atomic mass is 9.89. The average Bonchev–Trinajstić information content (AvgIpc) is 2.16. The molecule has 0 amide bonds. The largest absolute Gasteiger partial charge is 0.375 e. The van der Waals surface area contributed by atoms with Crippen LogP contribution in [0.2, 0.25) is 0 Å². The quantitative estimate of drug-likeness (QED) is 0.803. The van der Waals surface area contributed by atoms with E-state index in [1.807, 2.05) is 0 Å². The lowest BCUT2D eigenvalue weighted by Gasteiger charge is -2.39. The van der Waals surface area contributed by atoms with E-state index in [2.05, 4.69) is 26.1 Å². The average molecular weight is 247 g/mol. The van der Waals surface area contributed by atoms with E-state index >= 15 is 0 Å². The molecule has 0 aromatic heterocycles. The van der Waals surface area contributed by atoms with Gasteiger partial charge in [0.15, 0.2) is 0 Å². The molecule has 0 spiro atoms. The van der Waals surface area contributed by atoms with E-state index in [0.717, 1.165) is 31.6 Å². The molecule has 0 aliphatic carbocycles. The highest BCUT2D eigenvalue weighted by molar-refractivity contribution is 7.84. The summed E-state index contributed by atoms with van der Waals surface area (Å²) in [6.45, 7) is 7.31. The van der Waals surface area contributed by atoms with Crippen LogP contribution in [-0.4, -0.2) is 40.5 Å². The van der Waals surface area contributed by atoms with Gasteiger partial charge in [0.2, 0.25) is 0 Å². The maximum atomic E-state index is 11.1. The Bertz CT molecular complexity index is 247. The molecule has 1 N–H and O–H groups in total. The Kier molecular flexibility index (Phi) is 5.41. The lowest BCUT2D eigenvalue weighted by molar-refractivity contribution is -0.0786. The minimum Gasteiger partial charge on any atom is -0.375 e. The van der Waals surface area contributed by atoms with Gasteiger partial charge in [-0.05, 0) is 33.1 Å². The zero-order valence-electron chi connectivity index (χ0n) is 10.9. The molecule has 1 rings (SSSR count). The van der Waals surface area contributed by atoms with Crippen LogP contribution in [0.25, 0.3) is 0 Å². The van der Waals surface area contributed by atoms with Gasteiger partial charge in [-0.3, -0.25) is 4.21 Å². The standard InChI is InChI=1S/C12H25NO2S/c1-5-12(3)8-11(6-7-15-12)13-10(2)9-16(4)14/h10-11,13H,5-9H2,1-4H3. The molecule has 0 bridgehead atoms. The summed E-state index contributed by atoms with van der Waals surface area (Å²) >= 11 is 0. The second-order valence-electron chi connectivity index (χ2n) is 5.15. The Hall–Kier alpha value is 0.0700. The van der Waals surface area contributed by atoms with Crippen molar-refractivity contribution in [2.24, 2.45) is 0 Å². The van der Waals surface area contributed by atoms with Crippen molar-refractivity contribution in [2.75, 3.05) is 18.6 Å². The van der Waals surface area contributed by atoms with Gasteiger partial charge >= 0.3 is 0 Å². The normalized spacial score (nSPS) is 34.6. The molecular formula is C12H25NO2S. The van der Waals surface area contributed by atoms with Crippen LogP contribution in [-0.2, 0) is 15.5 Å². The van der Waals surface area contributed by atoms with E-state index in [0.29, 0.717) is 12.1 Å². The summed E-state index contributed by atoms with van der Waals surface area (Å²) in [4.78, 5) is 0. The number of nitrogens with one attached hydrogen (secondary N) is 1. The lowest BCUT2D eigenvalue weighted by Crippen LogP contribution is -2.48. The van der Waals surface area contributed by atoms with Crippen LogP contribution in [0.15, 0.2) is 0 Å². The number of hydrogen-bond acceptors (Lipinski definition) is 3. The summed E-state index contributed by atoms with van der Waals surface area (Å²) in [5, 5.41) is 3.57. The molecular weight excluding hydrogens is 222 g/mol. The molecule has 96 valence electrons. The molecule has 1 aliphatic rings. The van der Waals surface area contributed by atoms with Crippen molar-refractivity contribution >= 4 is 10.8 Å². The summed E-state index contributed by atoms with van der Waals surface area (Å²) in [7, 11) is -0.715. The third-order valence-electron chi connectivity index (χ3n) is 3.35. The van der Waals surface area contributed by atoms with Crippen LogP contribution in [0.3, 0.4) is 0 Å². The van der Waals surface area contributed by atoms with Gasteiger partial charge in [0.05, 0.1) is 5.60 Å². The van der Waals surface area contributed by atoms with Gasteiger partial charge in [-0.25, -0.2) is 0 Å². The molecule has 4 unspecified atom stereocenters. The third kappa shape index (κ3) is 4.52. The van der Waals surface area contributed by atoms with Crippen molar-refractivity contribution in [1.82, 2.24) is 5.32 Å². The Morgan fingerprint density at radius 3 is 2.88 bits per heavy atom. The minimum atomic E-state index is -0.715. The highest BCUT2D eigenvalue weighted by Crippen LogP contribution is 2.27. The fourth-order valence-electron chi connectivity index (χ4n) is 2.32. The molecule has 0 saturated carbocycles.